The fraction of sp³-hybridized carbons (Fsp3) is 0.529. The largest absolute Gasteiger partial charge is 0.396 e. The van der Waals surface area contributed by atoms with E-state index in [9.17, 15) is 9.59 Å². The van der Waals surface area contributed by atoms with Crippen LogP contribution < -0.4 is 0 Å². The van der Waals surface area contributed by atoms with Gasteiger partial charge in [-0.1, -0.05) is 19.4 Å². The van der Waals surface area contributed by atoms with Gasteiger partial charge in [0.2, 0.25) is 0 Å². The summed E-state index contributed by atoms with van der Waals surface area (Å²) in [6, 6.07) is 3.71. The van der Waals surface area contributed by atoms with Gasteiger partial charge in [-0.2, -0.15) is 0 Å². The highest BCUT2D eigenvalue weighted by Crippen LogP contribution is 2.37. The van der Waals surface area contributed by atoms with Crippen molar-refractivity contribution in [2.45, 2.75) is 26.2 Å². The molecule has 0 saturated carbocycles. The van der Waals surface area contributed by atoms with Gasteiger partial charge in [-0.25, -0.2) is 0 Å². The lowest BCUT2D eigenvalue weighted by Crippen LogP contribution is -2.33. The van der Waals surface area contributed by atoms with Crippen LogP contribution in [0.25, 0.3) is 5.57 Å². The lowest BCUT2D eigenvalue weighted by molar-refractivity contribution is -0.136. The van der Waals surface area contributed by atoms with Gasteiger partial charge < -0.3 is 9.84 Å². The number of ether oxygens (including phenoxy) is 1. The number of aliphatic hydroxyl groups is 1. The monoisotopic (exact) mass is 369 g/mol. The van der Waals surface area contributed by atoms with Gasteiger partial charge in [0.1, 0.15) is 0 Å². The molecule has 2 amide bonds. The molecule has 1 aliphatic heterocycles. The molecule has 0 spiro atoms. The molecule has 0 radical (unpaired) electrons. The summed E-state index contributed by atoms with van der Waals surface area (Å²) in [5.41, 5.74) is 0.473. The molecular weight excluding hydrogens is 346 g/mol. The number of nitrogens with zero attached hydrogens (tertiary/aromatic N) is 1. The molecule has 24 heavy (non-hydrogen) atoms. The van der Waals surface area contributed by atoms with E-state index in [2.05, 4.69) is 6.92 Å². The number of carbonyl (C=O) groups excluding carboxylic acids is 2. The number of rotatable bonds is 11. The molecule has 1 N–H and O–H groups in total. The van der Waals surface area contributed by atoms with Gasteiger partial charge in [0.15, 0.2) is 0 Å². The molecule has 7 heteroatoms. The van der Waals surface area contributed by atoms with Crippen molar-refractivity contribution >= 4 is 40.5 Å². The molecule has 0 atom stereocenters. The lowest BCUT2D eigenvalue weighted by Gasteiger charge is -2.14. The Morgan fingerprint density at radius 1 is 1.25 bits per heavy atom. The minimum absolute atomic E-state index is 0.0291. The Hall–Kier alpha value is -1.15. The highest BCUT2D eigenvalue weighted by atomic mass is 32.2. The van der Waals surface area contributed by atoms with E-state index in [0.717, 1.165) is 17.7 Å². The molecule has 1 aromatic rings. The van der Waals surface area contributed by atoms with Crippen LogP contribution in [0.5, 0.6) is 0 Å². The highest BCUT2D eigenvalue weighted by Gasteiger charge is 2.39. The normalized spacial score (nSPS) is 15.0. The molecule has 5 nitrogen and oxygen atoms in total. The molecule has 0 unspecified atom stereocenters. The first kappa shape index (κ1) is 19.2. The molecule has 0 aromatic carbocycles. The lowest BCUT2D eigenvalue weighted by atomic mass is 10.2. The second-order valence-corrected chi connectivity index (χ2v) is 7.39. The zero-order valence-electron chi connectivity index (χ0n) is 13.8. The fourth-order valence-electron chi connectivity index (χ4n) is 2.35. The summed E-state index contributed by atoms with van der Waals surface area (Å²) in [6.07, 6.45) is 2.74. The van der Waals surface area contributed by atoms with Gasteiger partial charge >= 0.3 is 0 Å². The van der Waals surface area contributed by atoms with Crippen LogP contribution in [0.4, 0.5) is 0 Å². The number of imide groups is 1. The molecule has 1 aromatic heterocycles. The Balaban J connectivity index is 2.01. The fourth-order valence-corrected chi connectivity index (χ4v) is 4.05. The molecule has 0 saturated heterocycles. The molecular formula is C17H23NO4S2. The number of carbonyl (C=O) groups is 2. The molecule has 2 rings (SSSR count). The van der Waals surface area contributed by atoms with E-state index < -0.39 is 0 Å². The average Bonchev–Trinajstić information content (AvgIpc) is 3.17. The summed E-state index contributed by atoms with van der Waals surface area (Å²) in [7, 11) is 0. The Kier molecular flexibility index (Phi) is 7.98. The molecule has 1 aliphatic rings. The second-order valence-electron chi connectivity index (χ2n) is 5.33. The van der Waals surface area contributed by atoms with Crippen molar-refractivity contribution in [3.8, 4) is 0 Å². The van der Waals surface area contributed by atoms with Crippen LogP contribution in [0.15, 0.2) is 22.4 Å². The SMILES string of the molecule is CCCCOCCCN1C(=O)C(SCCO)=C(c2cccs2)C1=O. The van der Waals surface area contributed by atoms with Crippen molar-refractivity contribution in [2.75, 3.05) is 32.1 Å². The number of amides is 2. The minimum atomic E-state index is -0.254. The number of hydrogen-bond donors (Lipinski definition) is 1. The summed E-state index contributed by atoms with van der Waals surface area (Å²) in [5, 5.41) is 10.9. The van der Waals surface area contributed by atoms with Crippen molar-refractivity contribution in [1.82, 2.24) is 4.90 Å². The van der Waals surface area contributed by atoms with E-state index in [1.165, 1.54) is 28.0 Å². The molecule has 0 aliphatic carbocycles. The van der Waals surface area contributed by atoms with E-state index in [4.69, 9.17) is 9.84 Å². The summed E-state index contributed by atoms with van der Waals surface area (Å²) < 4.78 is 5.50. The summed E-state index contributed by atoms with van der Waals surface area (Å²) in [6.45, 7) is 3.70. The zero-order chi connectivity index (χ0) is 17.4. The van der Waals surface area contributed by atoms with E-state index in [1.807, 2.05) is 17.5 Å². The Morgan fingerprint density at radius 3 is 2.71 bits per heavy atom. The van der Waals surface area contributed by atoms with E-state index >= 15 is 0 Å². The predicted octanol–water partition coefficient (Wildman–Crippen LogP) is 2.76. The topological polar surface area (TPSA) is 66.8 Å². The van der Waals surface area contributed by atoms with Crippen molar-refractivity contribution in [3.63, 3.8) is 0 Å². The molecule has 0 fully saturated rings. The van der Waals surface area contributed by atoms with Crippen LogP contribution in [0.2, 0.25) is 0 Å². The summed E-state index contributed by atoms with van der Waals surface area (Å²) in [5.74, 6) is -0.0937. The van der Waals surface area contributed by atoms with Gasteiger partial charge in [0, 0.05) is 30.4 Å². The summed E-state index contributed by atoms with van der Waals surface area (Å²) >= 11 is 2.69. The molecule has 0 bridgehead atoms. The van der Waals surface area contributed by atoms with Crippen molar-refractivity contribution in [1.29, 1.82) is 0 Å². The number of thioether (sulfide) groups is 1. The smallest absolute Gasteiger partial charge is 0.268 e. The predicted molar refractivity (Wildman–Crippen MR) is 97.8 cm³/mol. The van der Waals surface area contributed by atoms with Crippen LogP contribution >= 0.6 is 23.1 Å². The standard InChI is InChI=1S/C17H23NO4S2/c1-2-3-9-22-10-5-7-18-16(20)14(13-6-4-11-23-13)15(17(18)21)24-12-8-19/h4,6,11,19H,2-3,5,7-10,12H2,1H3. The van der Waals surface area contributed by atoms with Crippen LogP contribution in [-0.4, -0.2) is 53.9 Å². The van der Waals surface area contributed by atoms with Crippen molar-refractivity contribution < 1.29 is 19.4 Å². The van der Waals surface area contributed by atoms with Crippen molar-refractivity contribution in [3.05, 3.63) is 27.3 Å². The number of unbranched alkanes of at least 4 members (excludes halogenated alkanes) is 1. The molecule has 132 valence electrons. The van der Waals surface area contributed by atoms with Crippen LogP contribution in [0.3, 0.4) is 0 Å². The van der Waals surface area contributed by atoms with Gasteiger partial charge in [-0.05, 0) is 24.3 Å². The third-order valence-corrected chi connectivity index (χ3v) is 5.48. The van der Waals surface area contributed by atoms with E-state index in [0.29, 0.717) is 42.4 Å². The van der Waals surface area contributed by atoms with Gasteiger partial charge in [-0.3, -0.25) is 14.5 Å². The molecule has 2 heterocycles. The number of aliphatic hydroxyl groups excluding tert-OH is 1. The van der Waals surface area contributed by atoms with E-state index in [-0.39, 0.29) is 18.4 Å². The number of hydrogen-bond acceptors (Lipinski definition) is 6. The first-order valence-electron chi connectivity index (χ1n) is 8.16. The maximum absolute atomic E-state index is 12.7. The quantitative estimate of drug-likeness (QED) is 0.480. The second kappa shape index (κ2) is 9.98. The number of thiophene rings is 1. The van der Waals surface area contributed by atoms with Gasteiger partial charge in [-0.15, -0.1) is 23.1 Å². The third kappa shape index (κ3) is 4.69. The Labute approximate surface area is 150 Å². The van der Waals surface area contributed by atoms with Gasteiger partial charge in [0.25, 0.3) is 11.8 Å². The van der Waals surface area contributed by atoms with Crippen LogP contribution in [0, 0.1) is 0 Å². The van der Waals surface area contributed by atoms with Crippen molar-refractivity contribution in [2.24, 2.45) is 0 Å². The van der Waals surface area contributed by atoms with Gasteiger partial charge in [0.05, 0.1) is 17.1 Å². The first-order chi connectivity index (χ1) is 11.7. The highest BCUT2D eigenvalue weighted by molar-refractivity contribution is 8.04. The Bertz CT molecular complexity index is 583. The minimum Gasteiger partial charge on any atom is -0.396 e. The zero-order valence-corrected chi connectivity index (χ0v) is 15.5. The Morgan fingerprint density at radius 2 is 2.04 bits per heavy atom. The third-order valence-electron chi connectivity index (χ3n) is 3.54. The average molecular weight is 370 g/mol. The van der Waals surface area contributed by atoms with Crippen LogP contribution in [-0.2, 0) is 14.3 Å². The van der Waals surface area contributed by atoms with E-state index in [1.54, 1.807) is 0 Å². The van der Waals surface area contributed by atoms with Crippen LogP contribution in [0.1, 0.15) is 31.1 Å². The maximum atomic E-state index is 12.7. The maximum Gasteiger partial charge on any atom is 0.268 e. The summed E-state index contributed by atoms with van der Waals surface area (Å²) in [4.78, 5) is 27.8. The first-order valence-corrected chi connectivity index (χ1v) is 10.0.